The molecule has 3 nitrogen and oxygen atoms in total. The van der Waals surface area contributed by atoms with Gasteiger partial charge in [0.15, 0.2) is 0 Å². The molecule has 0 saturated heterocycles. The maximum absolute atomic E-state index is 6.77. The summed E-state index contributed by atoms with van der Waals surface area (Å²) >= 11 is 0. The molecule has 4 heteroatoms. The van der Waals surface area contributed by atoms with Crippen molar-refractivity contribution in [2.24, 2.45) is 0 Å². The number of rotatable bonds is 2. The molecule has 4 aliphatic rings. The van der Waals surface area contributed by atoms with Crippen LogP contribution < -0.4 is 30.9 Å². The average Bonchev–Trinajstić information content (AvgIpc) is 3.59. The lowest BCUT2D eigenvalue weighted by atomic mass is 9.33. The fourth-order valence-electron chi connectivity index (χ4n) is 11.6. The average molecular weight is 843 g/mol. The van der Waals surface area contributed by atoms with Gasteiger partial charge in [0.1, 0.15) is 11.5 Å². The van der Waals surface area contributed by atoms with Gasteiger partial charge in [0.2, 0.25) is 0 Å². The highest BCUT2D eigenvalue weighted by molar-refractivity contribution is 7.00. The highest BCUT2D eigenvalue weighted by Crippen LogP contribution is 2.64. The second-order valence-electron chi connectivity index (χ2n) is 21.7. The van der Waals surface area contributed by atoms with Gasteiger partial charge in [-0.15, -0.1) is 0 Å². The predicted octanol–water partition coefficient (Wildman–Crippen LogP) is 14.1. The van der Waals surface area contributed by atoms with Gasteiger partial charge in [-0.1, -0.05) is 178 Å². The summed E-state index contributed by atoms with van der Waals surface area (Å²) in [6.07, 6.45) is 0. The Morgan fingerprint density at radius 1 is 0.415 bits per heavy atom. The summed E-state index contributed by atoms with van der Waals surface area (Å²) in [7, 11) is 0. The van der Waals surface area contributed by atoms with Crippen molar-refractivity contribution >= 4 is 57.2 Å². The summed E-state index contributed by atoms with van der Waals surface area (Å²) in [6.45, 7) is 20.8. The van der Waals surface area contributed by atoms with Crippen molar-refractivity contribution in [1.82, 2.24) is 0 Å². The minimum atomic E-state index is -0.587. The summed E-state index contributed by atoms with van der Waals surface area (Å²) in [4.78, 5) is 5.14. The van der Waals surface area contributed by atoms with Gasteiger partial charge in [0.25, 0.3) is 6.71 Å². The maximum Gasteiger partial charge on any atom is 0.252 e. The molecular weight excluding hydrogens is 787 g/mol. The number of fused-ring (bicyclic) bond motifs is 14. The normalized spacial score (nSPS) is 15.0. The highest BCUT2D eigenvalue weighted by atomic mass is 16.5. The molecular formula is C61H55BN2O. The Hall–Kier alpha value is -6.78. The topological polar surface area (TPSA) is 15.7 Å². The smallest absolute Gasteiger partial charge is 0.252 e. The molecule has 65 heavy (non-hydrogen) atoms. The van der Waals surface area contributed by atoms with E-state index < -0.39 is 5.41 Å². The number of benzene rings is 8. The zero-order valence-electron chi connectivity index (χ0n) is 39.0. The number of anilines is 6. The largest absolute Gasteiger partial charge is 0.457 e. The van der Waals surface area contributed by atoms with Gasteiger partial charge in [-0.05, 0) is 121 Å². The first-order valence-corrected chi connectivity index (χ1v) is 23.4. The minimum Gasteiger partial charge on any atom is -0.457 e. The molecule has 0 atom stereocenters. The third-order valence-corrected chi connectivity index (χ3v) is 14.8. The zero-order valence-corrected chi connectivity index (χ0v) is 39.0. The monoisotopic (exact) mass is 842 g/mol. The maximum atomic E-state index is 6.77. The van der Waals surface area contributed by atoms with Crippen molar-refractivity contribution in [3.05, 3.63) is 209 Å². The van der Waals surface area contributed by atoms with E-state index in [2.05, 4.69) is 242 Å². The fourth-order valence-corrected chi connectivity index (χ4v) is 11.6. The Bertz CT molecular complexity index is 3200. The Kier molecular flexibility index (Phi) is 8.34. The quantitative estimate of drug-likeness (QED) is 0.161. The van der Waals surface area contributed by atoms with E-state index in [0.717, 1.165) is 17.2 Å². The van der Waals surface area contributed by atoms with Crippen molar-refractivity contribution in [2.75, 3.05) is 9.80 Å². The molecule has 0 fully saturated rings. The fraction of sp³-hybridized carbons (Fsp3) is 0.213. The van der Waals surface area contributed by atoms with Crippen LogP contribution in [0.1, 0.15) is 101 Å². The molecule has 3 heterocycles. The van der Waals surface area contributed by atoms with Crippen molar-refractivity contribution in [3.8, 4) is 22.6 Å². The lowest BCUT2D eigenvalue weighted by molar-refractivity contribution is 0.436. The molecule has 3 aliphatic heterocycles. The van der Waals surface area contributed by atoms with Crippen LogP contribution in [0.2, 0.25) is 0 Å². The summed E-state index contributed by atoms with van der Waals surface area (Å²) < 4.78 is 6.77. The van der Waals surface area contributed by atoms with Gasteiger partial charge in [-0.2, -0.15) is 0 Å². The molecule has 0 unspecified atom stereocenters. The number of nitrogens with zero attached hydrogens (tertiary/aromatic N) is 2. The SMILES string of the molecule is CC(C)(C)c1ccc(N2c3ccc(C(C)(C)C)cc3B3c4ccc5c(c4N(c4ccc(C(C)(C)C)cc4)c4cccc2c43)-c2ccccc2C52c3ccccc3Oc3ccccc32)cc1. The molecule has 1 aliphatic carbocycles. The van der Waals surface area contributed by atoms with Gasteiger partial charge in [-0.3, -0.25) is 0 Å². The molecule has 0 aromatic heterocycles. The first kappa shape index (κ1) is 39.8. The third kappa shape index (κ3) is 5.62. The van der Waals surface area contributed by atoms with E-state index in [1.807, 2.05) is 0 Å². The second kappa shape index (κ2) is 13.6. The van der Waals surface area contributed by atoms with Crippen LogP contribution in [-0.4, -0.2) is 6.71 Å². The molecule has 12 rings (SSSR count). The van der Waals surface area contributed by atoms with Crippen molar-refractivity contribution < 1.29 is 4.74 Å². The molecule has 8 aromatic carbocycles. The summed E-state index contributed by atoms with van der Waals surface area (Å²) in [5, 5.41) is 0. The number of hydrogen-bond donors (Lipinski definition) is 0. The van der Waals surface area contributed by atoms with E-state index in [9.17, 15) is 0 Å². The molecule has 318 valence electrons. The molecule has 8 aromatic rings. The summed E-state index contributed by atoms with van der Waals surface area (Å²) in [5.41, 5.74) is 22.1. The van der Waals surface area contributed by atoms with Crippen LogP contribution in [0.5, 0.6) is 11.5 Å². The molecule has 0 saturated carbocycles. The first-order chi connectivity index (χ1) is 31.2. The van der Waals surface area contributed by atoms with Crippen molar-refractivity contribution in [1.29, 1.82) is 0 Å². The van der Waals surface area contributed by atoms with Crippen LogP contribution in [0, 0.1) is 0 Å². The van der Waals surface area contributed by atoms with E-state index in [-0.39, 0.29) is 23.0 Å². The predicted molar refractivity (Wildman–Crippen MR) is 274 cm³/mol. The van der Waals surface area contributed by atoms with E-state index in [1.165, 1.54) is 94.9 Å². The zero-order chi connectivity index (χ0) is 44.8. The number of para-hydroxylation sites is 2. The molecule has 0 amide bonds. The number of hydrogen-bond acceptors (Lipinski definition) is 3. The Morgan fingerprint density at radius 2 is 0.923 bits per heavy atom. The lowest BCUT2D eigenvalue weighted by Gasteiger charge is -2.45. The Morgan fingerprint density at radius 3 is 1.51 bits per heavy atom. The van der Waals surface area contributed by atoms with Crippen molar-refractivity contribution in [3.63, 3.8) is 0 Å². The van der Waals surface area contributed by atoms with Gasteiger partial charge < -0.3 is 14.5 Å². The van der Waals surface area contributed by atoms with E-state index in [4.69, 9.17) is 4.74 Å². The van der Waals surface area contributed by atoms with Gasteiger partial charge in [-0.25, -0.2) is 0 Å². The van der Waals surface area contributed by atoms with Gasteiger partial charge in [0.05, 0.1) is 5.41 Å². The standard InChI is InChI=1S/C61H55BN2O/c1-58(2,3)38-25-30-41(31-26-38)63-50-36-29-40(60(7,8)9)37-49(50)62-48-35-34-47-55(57(48)64(52-22-16-21-51(63)56(52)62)42-32-27-39(28-33-42)59(4,5)6)43-17-10-11-18-44(43)61(47)45-19-12-14-23-53(45)65-54-24-15-13-20-46(54)61/h10-37H,1-9H3. The summed E-state index contributed by atoms with van der Waals surface area (Å²) in [6, 6.07) is 64.5. The van der Waals surface area contributed by atoms with Crippen LogP contribution in [-0.2, 0) is 21.7 Å². The molecule has 0 radical (unpaired) electrons. The highest BCUT2D eigenvalue weighted by Gasteiger charge is 2.54. The van der Waals surface area contributed by atoms with Gasteiger partial charge in [0, 0.05) is 50.8 Å². The number of ether oxygens (including phenoxy) is 1. The molecule has 0 bridgehead atoms. The van der Waals surface area contributed by atoms with Gasteiger partial charge >= 0.3 is 0 Å². The summed E-state index contributed by atoms with van der Waals surface area (Å²) in [5.74, 6) is 1.81. The van der Waals surface area contributed by atoms with E-state index in [0.29, 0.717) is 0 Å². The Balaban J connectivity index is 1.20. The van der Waals surface area contributed by atoms with Crippen LogP contribution in [0.3, 0.4) is 0 Å². The van der Waals surface area contributed by atoms with Crippen molar-refractivity contribution in [2.45, 2.75) is 84.0 Å². The van der Waals surface area contributed by atoms with Crippen LogP contribution in [0.4, 0.5) is 34.1 Å². The van der Waals surface area contributed by atoms with E-state index >= 15 is 0 Å². The molecule has 0 N–H and O–H groups in total. The van der Waals surface area contributed by atoms with E-state index in [1.54, 1.807) is 0 Å². The molecule has 1 spiro atoms. The lowest BCUT2D eigenvalue weighted by Crippen LogP contribution is -2.61. The van der Waals surface area contributed by atoms with Crippen LogP contribution >= 0.6 is 0 Å². The Labute approximate surface area is 385 Å². The van der Waals surface area contributed by atoms with Crippen LogP contribution in [0.15, 0.2) is 170 Å². The minimum absolute atomic E-state index is 0.0171. The first-order valence-electron chi connectivity index (χ1n) is 23.4. The third-order valence-electron chi connectivity index (χ3n) is 14.8. The van der Waals surface area contributed by atoms with Crippen LogP contribution in [0.25, 0.3) is 11.1 Å². The second-order valence-corrected chi connectivity index (χ2v) is 21.7.